The van der Waals surface area contributed by atoms with Crippen molar-refractivity contribution in [1.82, 2.24) is 4.90 Å². The number of para-hydroxylation sites is 1. The Kier molecular flexibility index (Phi) is 4.28. The molecule has 0 N–H and O–H groups in total. The van der Waals surface area contributed by atoms with Gasteiger partial charge in [-0.2, -0.15) is 0 Å². The average molecular weight is 354 g/mol. The van der Waals surface area contributed by atoms with Crippen molar-refractivity contribution in [2.75, 3.05) is 31.7 Å². The average Bonchev–Trinajstić information content (AvgIpc) is 3.17. The fraction of sp³-hybridized carbons (Fsp3) is 0.400. The Morgan fingerprint density at radius 2 is 2.00 bits per heavy atom. The molecule has 1 spiro atoms. The maximum Gasteiger partial charge on any atom is 0.248 e. The highest BCUT2D eigenvalue weighted by Gasteiger charge is 2.45. The smallest absolute Gasteiger partial charge is 0.248 e. The number of likely N-dealkylation sites (tertiary alicyclic amines) is 1. The molecule has 0 aliphatic carbocycles. The Balaban J connectivity index is 1.66. The predicted octanol–water partition coefficient (Wildman–Crippen LogP) is 2.85. The minimum atomic E-state index is -0.211. The number of rotatable bonds is 3. The number of piperidine rings is 1. The van der Waals surface area contributed by atoms with Gasteiger partial charge in [-0.05, 0) is 24.5 Å². The minimum absolute atomic E-state index is 0.0118. The lowest BCUT2D eigenvalue weighted by molar-refractivity contribution is -0.137. The molecule has 0 unspecified atom stereocenters. The molecule has 0 radical (unpaired) electrons. The van der Waals surface area contributed by atoms with Gasteiger partial charge in [-0.3, -0.25) is 14.5 Å². The molecule has 0 bridgehead atoms. The molecule has 6 nitrogen and oxygen atoms in total. The van der Waals surface area contributed by atoms with Crippen molar-refractivity contribution in [2.45, 2.75) is 24.7 Å². The van der Waals surface area contributed by atoms with Crippen molar-refractivity contribution in [3.8, 4) is 0 Å². The number of benzene rings is 1. The number of ether oxygens (including phenoxy) is 1. The van der Waals surface area contributed by atoms with Gasteiger partial charge in [0.15, 0.2) is 0 Å². The molecule has 4 rings (SSSR count). The van der Waals surface area contributed by atoms with Gasteiger partial charge in [0.2, 0.25) is 11.8 Å². The number of carbonyl (C=O) groups is 2. The fourth-order valence-corrected chi connectivity index (χ4v) is 4.23. The van der Waals surface area contributed by atoms with Crippen LogP contribution in [0.1, 0.15) is 24.8 Å². The number of nitrogens with zero attached hydrogens (tertiary/aromatic N) is 2. The number of anilines is 2. The first kappa shape index (κ1) is 16.8. The molecule has 1 saturated heterocycles. The zero-order valence-corrected chi connectivity index (χ0v) is 14.8. The van der Waals surface area contributed by atoms with E-state index >= 15 is 0 Å². The van der Waals surface area contributed by atoms with Gasteiger partial charge in [0.1, 0.15) is 12.9 Å². The zero-order chi connectivity index (χ0) is 18.1. The number of hydrogen-bond donors (Lipinski definition) is 0. The van der Waals surface area contributed by atoms with Crippen LogP contribution in [-0.4, -0.2) is 43.5 Å². The summed E-state index contributed by atoms with van der Waals surface area (Å²) >= 11 is 0. The van der Waals surface area contributed by atoms with Gasteiger partial charge >= 0.3 is 0 Å². The third-order valence-corrected chi connectivity index (χ3v) is 5.56. The van der Waals surface area contributed by atoms with E-state index in [1.54, 1.807) is 23.5 Å². The van der Waals surface area contributed by atoms with Crippen molar-refractivity contribution in [2.24, 2.45) is 0 Å². The molecule has 3 heterocycles. The monoisotopic (exact) mass is 354 g/mol. The van der Waals surface area contributed by atoms with E-state index in [1.165, 1.54) is 12.7 Å². The third-order valence-electron chi connectivity index (χ3n) is 5.56. The summed E-state index contributed by atoms with van der Waals surface area (Å²) in [6.45, 7) is 1.40. The summed E-state index contributed by atoms with van der Waals surface area (Å²) in [4.78, 5) is 28.7. The lowest BCUT2D eigenvalue weighted by atomic mass is 9.67. The second kappa shape index (κ2) is 6.61. The van der Waals surface area contributed by atoms with E-state index in [4.69, 9.17) is 9.15 Å². The largest absolute Gasteiger partial charge is 0.470 e. The summed E-state index contributed by atoms with van der Waals surface area (Å²) in [6.07, 6.45) is 5.19. The molecular weight excluding hydrogens is 332 g/mol. The van der Waals surface area contributed by atoms with Gasteiger partial charge in [0.05, 0.1) is 17.6 Å². The Morgan fingerprint density at radius 3 is 2.69 bits per heavy atom. The van der Waals surface area contributed by atoms with Crippen LogP contribution in [-0.2, 0) is 19.7 Å². The Hall–Kier alpha value is -2.60. The molecule has 1 aromatic carbocycles. The van der Waals surface area contributed by atoms with Crippen molar-refractivity contribution >= 4 is 23.2 Å². The van der Waals surface area contributed by atoms with Gasteiger partial charge in [-0.1, -0.05) is 18.2 Å². The molecule has 0 atom stereocenters. The molecule has 26 heavy (non-hydrogen) atoms. The number of fused-ring (bicyclic) bond motifs is 2. The van der Waals surface area contributed by atoms with Crippen LogP contribution in [0.5, 0.6) is 0 Å². The fourth-order valence-electron chi connectivity index (χ4n) is 4.23. The number of carbonyl (C=O) groups excluding carboxylic acids is 2. The quantitative estimate of drug-likeness (QED) is 0.850. The standard InChI is InChI=1S/C20H22N2O4/c1-25-14-19(24)21-9-7-20(8-10-21)12-18(23)22(15-6-11-26-13-15)17-5-3-2-4-16(17)20/h2-6,11,13H,7-10,12,14H2,1H3. The van der Waals surface area contributed by atoms with Crippen molar-refractivity contribution < 1.29 is 18.7 Å². The predicted molar refractivity (Wildman–Crippen MR) is 96.3 cm³/mol. The van der Waals surface area contributed by atoms with E-state index in [1.807, 2.05) is 23.1 Å². The topological polar surface area (TPSA) is 63.0 Å². The van der Waals surface area contributed by atoms with E-state index in [0.29, 0.717) is 19.5 Å². The molecule has 2 aromatic rings. The van der Waals surface area contributed by atoms with Gasteiger partial charge in [0, 0.05) is 38.1 Å². The Morgan fingerprint density at radius 1 is 1.23 bits per heavy atom. The minimum Gasteiger partial charge on any atom is -0.470 e. The number of amides is 2. The van der Waals surface area contributed by atoms with Crippen LogP contribution in [0, 0.1) is 0 Å². The van der Waals surface area contributed by atoms with E-state index < -0.39 is 0 Å². The first-order chi connectivity index (χ1) is 12.6. The molecule has 1 fully saturated rings. The van der Waals surface area contributed by atoms with Crippen LogP contribution in [0.2, 0.25) is 0 Å². The van der Waals surface area contributed by atoms with Crippen molar-refractivity contribution in [3.05, 3.63) is 48.4 Å². The molecule has 2 amide bonds. The van der Waals surface area contributed by atoms with Crippen LogP contribution in [0.4, 0.5) is 11.4 Å². The highest BCUT2D eigenvalue weighted by molar-refractivity contribution is 6.04. The van der Waals surface area contributed by atoms with Gasteiger partial charge in [0.25, 0.3) is 0 Å². The lowest BCUT2D eigenvalue weighted by Crippen LogP contribution is -2.50. The first-order valence-electron chi connectivity index (χ1n) is 8.86. The maximum atomic E-state index is 13.0. The van der Waals surface area contributed by atoms with Crippen LogP contribution < -0.4 is 4.90 Å². The number of methoxy groups -OCH3 is 1. The Bertz CT molecular complexity index is 807. The summed E-state index contributed by atoms with van der Waals surface area (Å²) in [6, 6.07) is 9.88. The summed E-state index contributed by atoms with van der Waals surface area (Å²) in [5.41, 5.74) is 2.64. The van der Waals surface area contributed by atoms with E-state index in [0.717, 1.165) is 24.2 Å². The molecule has 0 saturated carbocycles. The molecule has 2 aliphatic rings. The third kappa shape index (κ3) is 2.70. The van der Waals surface area contributed by atoms with Crippen LogP contribution in [0.15, 0.2) is 47.3 Å². The molecule has 136 valence electrons. The zero-order valence-electron chi connectivity index (χ0n) is 14.8. The first-order valence-corrected chi connectivity index (χ1v) is 8.86. The molecular formula is C20H22N2O4. The van der Waals surface area contributed by atoms with Crippen LogP contribution >= 0.6 is 0 Å². The summed E-state index contributed by atoms with van der Waals surface area (Å²) in [5.74, 6) is 0.0829. The summed E-state index contributed by atoms with van der Waals surface area (Å²) in [7, 11) is 1.53. The van der Waals surface area contributed by atoms with Crippen molar-refractivity contribution in [3.63, 3.8) is 0 Å². The normalized spacial score (nSPS) is 18.9. The summed E-state index contributed by atoms with van der Waals surface area (Å²) < 4.78 is 10.1. The van der Waals surface area contributed by atoms with E-state index in [2.05, 4.69) is 6.07 Å². The highest BCUT2D eigenvalue weighted by Crippen LogP contribution is 2.48. The van der Waals surface area contributed by atoms with Crippen LogP contribution in [0.3, 0.4) is 0 Å². The van der Waals surface area contributed by atoms with Gasteiger partial charge < -0.3 is 14.1 Å². The molecule has 6 heteroatoms. The number of hydrogen-bond acceptors (Lipinski definition) is 4. The Labute approximate surface area is 152 Å². The van der Waals surface area contributed by atoms with Gasteiger partial charge in [-0.15, -0.1) is 0 Å². The molecule has 2 aliphatic heterocycles. The second-order valence-corrected chi connectivity index (χ2v) is 7.00. The maximum absolute atomic E-state index is 13.0. The molecule has 1 aromatic heterocycles. The second-order valence-electron chi connectivity index (χ2n) is 7.00. The van der Waals surface area contributed by atoms with Gasteiger partial charge in [-0.25, -0.2) is 0 Å². The number of furan rings is 1. The SMILES string of the molecule is COCC(=O)N1CCC2(CC1)CC(=O)N(c1ccoc1)c1ccccc12. The summed E-state index contributed by atoms with van der Waals surface area (Å²) in [5, 5.41) is 0. The lowest BCUT2D eigenvalue weighted by Gasteiger charge is -2.47. The highest BCUT2D eigenvalue weighted by atomic mass is 16.5. The van der Waals surface area contributed by atoms with Crippen LogP contribution in [0.25, 0.3) is 0 Å². The van der Waals surface area contributed by atoms with Crippen molar-refractivity contribution in [1.29, 1.82) is 0 Å². The van der Waals surface area contributed by atoms with E-state index in [-0.39, 0.29) is 23.8 Å². The van der Waals surface area contributed by atoms with E-state index in [9.17, 15) is 9.59 Å².